The molecule has 1 aromatic carbocycles. The summed E-state index contributed by atoms with van der Waals surface area (Å²) in [5.41, 5.74) is 0.839. The van der Waals surface area contributed by atoms with Crippen molar-refractivity contribution < 1.29 is 14.6 Å². The van der Waals surface area contributed by atoms with Gasteiger partial charge in [0.1, 0.15) is 19.0 Å². The summed E-state index contributed by atoms with van der Waals surface area (Å²) >= 11 is 0. The van der Waals surface area contributed by atoms with Crippen molar-refractivity contribution in [1.29, 1.82) is 0 Å². The van der Waals surface area contributed by atoms with E-state index in [1.165, 1.54) is 0 Å². The van der Waals surface area contributed by atoms with Crippen LogP contribution in [0.15, 0.2) is 24.3 Å². The van der Waals surface area contributed by atoms with Crippen molar-refractivity contribution in [3.05, 3.63) is 29.8 Å². The lowest BCUT2D eigenvalue weighted by Crippen LogP contribution is -2.37. The molecule has 0 radical (unpaired) electrons. The minimum absolute atomic E-state index is 0.00339. The van der Waals surface area contributed by atoms with E-state index in [4.69, 9.17) is 9.84 Å². The summed E-state index contributed by atoms with van der Waals surface area (Å²) < 4.78 is 5.64. The van der Waals surface area contributed by atoms with Gasteiger partial charge in [0.2, 0.25) is 5.91 Å². The number of ether oxygens (including phenoxy) is 1. The van der Waals surface area contributed by atoms with Crippen LogP contribution in [0.3, 0.4) is 0 Å². The van der Waals surface area contributed by atoms with E-state index >= 15 is 0 Å². The molecule has 21 heavy (non-hydrogen) atoms. The van der Waals surface area contributed by atoms with Crippen LogP contribution in [0.25, 0.3) is 0 Å². The van der Waals surface area contributed by atoms with Crippen molar-refractivity contribution >= 4 is 5.91 Å². The zero-order valence-corrected chi connectivity index (χ0v) is 12.6. The molecule has 0 spiro atoms. The smallest absolute Gasteiger partial charge is 0.233 e. The lowest BCUT2D eigenvalue weighted by Gasteiger charge is -2.19. The Morgan fingerprint density at radius 2 is 2.10 bits per heavy atom. The molecule has 0 saturated heterocycles. The molecule has 5 heteroatoms. The third-order valence-electron chi connectivity index (χ3n) is 2.94. The molecule has 0 aliphatic heterocycles. The van der Waals surface area contributed by atoms with Crippen LogP contribution in [-0.2, 0) is 4.79 Å². The summed E-state index contributed by atoms with van der Waals surface area (Å²) in [6.07, 6.45) is 0. The van der Waals surface area contributed by atoms with Crippen LogP contribution in [0.1, 0.15) is 12.5 Å². The maximum absolute atomic E-state index is 11.3. The fourth-order valence-corrected chi connectivity index (χ4v) is 1.70. The average Bonchev–Trinajstić information content (AvgIpc) is 2.52. The number of carbonyl (C=O) groups is 1. The predicted octanol–water partition coefficient (Wildman–Crippen LogP) is 0.477. The Morgan fingerprint density at radius 3 is 2.67 bits per heavy atom. The molecule has 0 atom stereocenters. The Kier molecular flexibility index (Phi) is 7.95. The summed E-state index contributed by atoms with van der Waals surface area (Å²) in [7, 11) is 1.63. The molecule has 0 aliphatic rings. The highest BCUT2D eigenvalue weighted by Crippen LogP contribution is 2.11. The van der Waals surface area contributed by atoms with Gasteiger partial charge in [-0.15, -0.1) is 0 Å². The number of hydrogen-bond donors (Lipinski definition) is 2. The van der Waals surface area contributed by atoms with Gasteiger partial charge in [0.25, 0.3) is 0 Å². The molecule has 1 aromatic rings. The number of rotatable bonds is 7. The van der Waals surface area contributed by atoms with E-state index in [2.05, 4.69) is 17.2 Å². The SMILES string of the molecule is CCN(CCOc1ccc(C#CCO)cc1)CC(=O)NC. The number of benzene rings is 1. The summed E-state index contributed by atoms with van der Waals surface area (Å²) in [6, 6.07) is 7.38. The number of amides is 1. The lowest BCUT2D eigenvalue weighted by atomic mass is 10.2. The fourth-order valence-electron chi connectivity index (χ4n) is 1.70. The zero-order chi connectivity index (χ0) is 15.5. The number of nitrogens with zero attached hydrogens (tertiary/aromatic N) is 1. The van der Waals surface area contributed by atoms with Gasteiger partial charge in [0.05, 0.1) is 6.54 Å². The first-order valence-corrected chi connectivity index (χ1v) is 6.95. The first-order chi connectivity index (χ1) is 10.2. The van der Waals surface area contributed by atoms with Gasteiger partial charge in [-0.25, -0.2) is 0 Å². The zero-order valence-electron chi connectivity index (χ0n) is 12.6. The molecule has 0 heterocycles. The van der Waals surface area contributed by atoms with Crippen LogP contribution in [0, 0.1) is 11.8 Å². The number of hydrogen-bond acceptors (Lipinski definition) is 4. The Morgan fingerprint density at radius 1 is 1.38 bits per heavy atom. The van der Waals surface area contributed by atoms with Crippen LogP contribution in [-0.4, -0.2) is 55.8 Å². The van der Waals surface area contributed by atoms with E-state index in [0.717, 1.165) is 17.9 Å². The molecule has 0 aliphatic carbocycles. The minimum Gasteiger partial charge on any atom is -0.492 e. The summed E-state index contributed by atoms with van der Waals surface area (Å²) in [5, 5.41) is 11.2. The fraction of sp³-hybridized carbons (Fsp3) is 0.438. The van der Waals surface area contributed by atoms with Crippen LogP contribution in [0.5, 0.6) is 5.75 Å². The first kappa shape index (κ1) is 17.0. The number of nitrogens with one attached hydrogen (secondary N) is 1. The normalized spacial score (nSPS) is 9.90. The molecule has 2 N–H and O–H groups in total. The van der Waals surface area contributed by atoms with Crippen molar-refractivity contribution in [3.63, 3.8) is 0 Å². The van der Waals surface area contributed by atoms with Crippen molar-refractivity contribution in [1.82, 2.24) is 10.2 Å². The van der Waals surface area contributed by atoms with Gasteiger partial charge < -0.3 is 15.2 Å². The topological polar surface area (TPSA) is 61.8 Å². The second-order valence-electron chi connectivity index (χ2n) is 4.37. The monoisotopic (exact) mass is 290 g/mol. The summed E-state index contributed by atoms with van der Waals surface area (Å²) in [4.78, 5) is 13.3. The number of carbonyl (C=O) groups excluding carboxylic acids is 1. The van der Waals surface area contributed by atoms with E-state index in [-0.39, 0.29) is 12.5 Å². The Labute approximate surface area is 125 Å². The average molecular weight is 290 g/mol. The number of aliphatic hydroxyl groups excluding tert-OH is 1. The van der Waals surface area contributed by atoms with Gasteiger partial charge >= 0.3 is 0 Å². The van der Waals surface area contributed by atoms with Gasteiger partial charge in [0, 0.05) is 19.2 Å². The lowest BCUT2D eigenvalue weighted by molar-refractivity contribution is -0.121. The second-order valence-corrected chi connectivity index (χ2v) is 4.37. The molecule has 1 rings (SSSR count). The second kappa shape index (κ2) is 9.81. The molecule has 0 unspecified atom stereocenters. The largest absolute Gasteiger partial charge is 0.492 e. The van der Waals surface area contributed by atoms with Gasteiger partial charge in [-0.1, -0.05) is 18.8 Å². The molecule has 0 bridgehead atoms. The van der Waals surface area contributed by atoms with Gasteiger partial charge in [-0.3, -0.25) is 9.69 Å². The first-order valence-electron chi connectivity index (χ1n) is 6.95. The molecule has 0 aromatic heterocycles. The minimum atomic E-state index is -0.142. The van der Waals surface area contributed by atoms with Crippen LogP contribution in [0.2, 0.25) is 0 Å². The maximum Gasteiger partial charge on any atom is 0.233 e. The highest BCUT2D eigenvalue weighted by atomic mass is 16.5. The molecule has 0 saturated carbocycles. The molecule has 0 fully saturated rings. The van der Waals surface area contributed by atoms with Gasteiger partial charge in [0.15, 0.2) is 0 Å². The quantitative estimate of drug-likeness (QED) is 0.717. The van der Waals surface area contributed by atoms with E-state index in [0.29, 0.717) is 19.7 Å². The van der Waals surface area contributed by atoms with Crippen LogP contribution in [0.4, 0.5) is 0 Å². The van der Waals surface area contributed by atoms with E-state index in [9.17, 15) is 4.79 Å². The third kappa shape index (κ3) is 6.80. The standard InChI is InChI=1S/C16H22N2O3/c1-3-18(13-16(20)17-2)10-12-21-15-8-6-14(7-9-15)5-4-11-19/h6-9,19H,3,10-13H2,1-2H3,(H,17,20). The Bertz CT molecular complexity index is 488. The van der Waals surface area contributed by atoms with Crippen LogP contribution >= 0.6 is 0 Å². The van der Waals surface area contributed by atoms with E-state index in [1.54, 1.807) is 7.05 Å². The number of aliphatic hydroxyl groups is 1. The summed E-state index contributed by atoms with van der Waals surface area (Å²) in [6.45, 7) is 4.26. The highest BCUT2D eigenvalue weighted by Gasteiger charge is 2.07. The van der Waals surface area contributed by atoms with Gasteiger partial charge in [-0.05, 0) is 30.8 Å². The van der Waals surface area contributed by atoms with Crippen molar-refractivity contribution in [2.24, 2.45) is 0 Å². The van der Waals surface area contributed by atoms with Crippen LogP contribution < -0.4 is 10.1 Å². The van der Waals surface area contributed by atoms with Gasteiger partial charge in [-0.2, -0.15) is 0 Å². The van der Waals surface area contributed by atoms with Crippen molar-refractivity contribution in [2.75, 3.05) is 39.9 Å². The highest BCUT2D eigenvalue weighted by molar-refractivity contribution is 5.77. The van der Waals surface area contributed by atoms with Crippen molar-refractivity contribution in [3.8, 4) is 17.6 Å². The predicted molar refractivity (Wildman–Crippen MR) is 82.1 cm³/mol. The molecule has 5 nitrogen and oxygen atoms in total. The Balaban J connectivity index is 2.39. The third-order valence-corrected chi connectivity index (χ3v) is 2.94. The molecule has 1 amide bonds. The van der Waals surface area contributed by atoms with E-state index in [1.807, 2.05) is 36.1 Å². The van der Waals surface area contributed by atoms with Crippen molar-refractivity contribution in [2.45, 2.75) is 6.92 Å². The molecular formula is C16H22N2O3. The number of likely N-dealkylation sites (N-methyl/N-ethyl adjacent to an activating group) is 2. The molecule has 114 valence electrons. The Hall–Kier alpha value is -2.03. The summed E-state index contributed by atoms with van der Waals surface area (Å²) in [5.74, 6) is 6.19. The maximum atomic E-state index is 11.3. The molecular weight excluding hydrogens is 268 g/mol. The van der Waals surface area contributed by atoms with E-state index < -0.39 is 0 Å².